The van der Waals surface area contributed by atoms with Gasteiger partial charge in [0.2, 0.25) is 0 Å². The molecule has 0 aromatic heterocycles. The van der Waals surface area contributed by atoms with E-state index in [1.165, 1.54) is 11.1 Å². The van der Waals surface area contributed by atoms with Crippen molar-refractivity contribution >= 4 is 5.57 Å². The molecule has 0 fully saturated rings. The van der Waals surface area contributed by atoms with Crippen LogP contribution in [0.15, 0.2) is 24.8 Å². The van der Waals surface area contributed by atoms with Gasteiger partial charge in [0.05, 0.1) is 0 Å². The molecule has 1 rings (SSSR count). The van der Waals surface area contributed by atoms with E-state index in [2.05, 4.69) is 66.3 Å². The van der Waals surface area contributed by atoms with Gasteiger partial charge in [-0.1, -0.05) is 39.0 Å². The predicted octanol–water partition coefficient (Wildman–Crippen LogP) is 5.19. The number of benzene rings is 1. The van der Waals surface area contributed by atoms with Crippen molar-refractivity contribution < 1.29 is 4.74 Å². The lowest BCUT2D eigenvalue weighted by Gasteiger charge is -2.28. The number of hydrogen-bond acceptors (Lipinski definition) is 1. The van der Waals surface area contributed by atoms with Crippen molar-refractivity contribution in [2.24, 2.45) is 0 Å². The van der Waals surface area contributed by atoms with Crippen LogP contribution >= 0.6 is 0 Å². The highest BCUT2D eigenvalue weighted by molar-refractivity contribution is 5.64. The van der Waals surface area contributed by atoms with E-state index in [0.717, 1.165) is 11.3 Å². The highest BCUT2D eigenvalue weighted by Gasteiger charge is 2.22. The molecule has 18 heavy (non-hydrogen) atoms. The first-order valence-corrected chi connectivity index (χ1v) is 6.50. The van der Waals surface area contributed by atoms with Crippen LogP contribution in [0.2, 0.25) is 0 Å². The average Bonchev–Trinajstić information content (AvgIpc) is 2.13. The molecule has 0 spiro atoms. The van der Waals surface area contributed by atoms with E-state index < -0.39 is 0 Å². The SMILES string of the molecule is C=C(C)c1ccc(OC(C)(C)C)c(C(C)(C)C)c1. The maximum atomic E-state index is 6.06. The van der Waals surface area contributed by atoms with Crippen molar-refractivity contribution in [1.29, 1.82) is 0 Å². The molecule has 0 saturated carbocycles. The zero-order chi connectivity index (χ0) is 14.1. The van der Waals surface area contributed by atoms with Crippen LogP contribution in [0.4, 0.5) is 0 Å². The highest BCUT2D eigenvalue weighted by atomic mass is 16.5. The van der Waals surface area contributed by atoms with Crippen LogP contribution in [0.3, 0.4) is 0 Å². The van der Waals surface area contributed by atoms with E-state index >= 15 is 0 Å². The minimum absolute atomic E-state index is 0.0616. The van der Waals surface area contributed by atoms with Crippen LogP contribution in [0.5, 0.6) is 5.75 Å². The van der Waals surface area contributed by atoms with E-state index in [1.807, 2.05) is 6.92 Å². The van der Waals surface area contributed by atoms with Crippen LogP contribution in [-0.4, -0.2) is 5.60 Å². The molecule has 1 aromatic rings. The van der Waals surface area contributed by atoms with Gasteiger partial charge in [0.25, 0.3) is 0 Å². The molecule has 0 aliphatic heterocycles. The molecular formula is C17H26O. The van der Waals surface area contributed by atoms with Crippen molar-refractivity contribution in [1.82, 2.24) is 0 Å². The Balaban J connectivity index is 3.30. The van der Waals surface area contributed by atoms with E-state index in [9.17, 15) is 0 Å². The van der Waals surface area contributed by atoms with E-state index in [-0.39, 0.29) is 11.0 Å². The zero-order valence-corrected chi connectivity index (χ0v) is 12.8. The summed E-state index contributed by atoms with van der Waals surface area (Å²) < 4.78 is 6.06. The highest BCUT2D eigenvalue weighted by Crippen LogP contribution is 2.35. The lowest BCUT2D eigenvalue weighted by atomic mass is 9.84. The van der Waals surface area contributed by atoms with Gasteiger partial charge < -0.3 is 4.74 Å². The molecule has 0 radical (unpaired) electrons. The summed E-state index contributed by atoms with van der Waals surface area (Å²) in [4.78, 5) is 0. The molecule has 0 atom stereocenters. The van der Waals surface area contributed by atoms with Gasteiger partial charge in [0.15, 0.2) is 0 Å². The van der Waals surface area contributed by atoms with Gasteiger partial charge in [-0.05, 0) is 50.8 Å². The van der Waals surface area contributed by atoms with E-state index in [1.54, 1.807) is 0 Å². The lowest BCUT2D eigenvalue weighted by Crippen LogP contribution is -2.25. The van der Waals surface area contributed by atoms with Crippen LogP contribution in [0.1, 0.15) is 59.6 Å². The maximum Gasteiger partial charge on any atom is 0.123 e. The van der Waals surface area contributed by atoms with Crippen molar-refractivity contribution in [2.45, 2.75) is 59.5 Å². The third-order valence-electron chi connectivity index (χ3n) is 2.70. The zero-order valence-electron chi connectivity index (χ0n) is 12.8. The van der Waals surface area contributed by atoms with Gasteiger partial charge in [-0.2, -0.15) is 0 Å². The van der Waals surface area contributed by atoms with Crippen LogP contribution in [-0.2, 0) is 5.41 Å². The number of rotatable bonds is 2. The fourth-order valence-electron chi connectivity index (χ4n) is 1.80. The number of hydrogen-bond donors (Lipinski definition) is 0. The minimum Gasteiger partial charge on any atom is -0.488 e. The first kappa shape index (κ1) is 14.8. The molecule has 1 aromatic carbocycles. The third-order valence-corrected chi connectivity index (χ3v) is 2.70. The summed E-state index contributed by atoms with van der Waals surface area (Å²) in [6.45, 7) is 18.9. The van der Waals surface area contributed by atoms with Gasteiger partial charge >= 0.3 is 0 Å². The molecule has 0 heterocycles. The van der Waals surface area contributed by atoms with Gasteiger partial charge in [-0.25, -0.2) is 0 Å². The summed E-state index contributed by atoms with van der Waals surface area (Å²) >= 11 is 0. The van der Waals surface area contributed by atoms with Crippen LogP contribution in [0.25, 0.3) is 5.57 Å². The largest absolute Gasteiger partial charge is 0.488 e. The summed E-state index contributed by atoms with van der Waals surface area (Å²) in [5, 5.41) is 0. The molecule has 0 amide bonds. The molecule has 1 heteroatoms. The molecule has 0 bridgehead atoms. The maximum absolute atomic E-state index is 6.06. The first-order chi connectivity index (χ1) is 8.00. The Morgan fingerprint density at radius 2 is 1.61 bits per heavy atom. The topological polar surface area (TPSA) is 9.23 Å². The molecule has 100 valence electrons. The standard InChI is InChI=1S/C17H26O/c1-12(2)13-9-10-15(18-17(6,7)8)14(11-13)16(3,4)5/h9-11H,1H2,2-8H3. The molecule has 1 nitrogen and oxygen atoms in total. The lowest BCUT2D eigenvalue weighted by molar-refractivity contribution is 0.128. The fourth-order valence-corrected chi connectivity index (χ4v) is 1.80. The summed E-state index contributed by atoms with van der Waals surface area (Å²) in [7, 11) is 0. The van der Waals surface area contributed by atoms with E-state index in [0.29, 0.717) is 0 Å². The average molecular weight is 246 g/mol. The second-order valence-electron chi connectivity index (χ2n) is 6.96. The quantitative estimate of drug-likeness (QED) is 0.697. The Hall–Kier alpha value is -1.24. The van der Waals surface area contributed by atoms with Gasteiger partial charge in [-0.15, -0.1) is 0 Å². The molecular weight excluding hydrogens is 220 g/mol. The fraction of sp³-hybridized carbons (Fsp3) is 0.529. The summed E-state index contributed by atoms with van der Waals surface area (Å²) in [6.07, 6.45) is 0. The van der Waals surface area contributed by atoms with E-state index in [4.69, 9.17) is 4.74 Å². The Kier molecular flexibility index (Phi) is 3.95. The predicted molar refractivity (Wildman–Crippen MR) is 80.2 cm³/mol. The van der Waals surface area contributed by atoms with Crippen molar-refractivity contribution in [3.05, 3.63) is 35.9 Å². The number of allylic oxidation sites excluding steroid dienone is 1. The second kappa shape index (κ2) is 4.79. The Bertz CT molecular complexity index is 442. The summed E-state index contributed by atoms with van der Waals surface area (Å²) in [5.41, 5.74) is 3.39. The van der Waals surface area contributed by atoms with Crippen molar-refractivity contribution in [3.8, 4) is 5.75 Å². The normalized spacial score (nSPS) is 12.4. The van der Waals surface area contributed by atoms with Crippen molar-refractivity contribution in [3.63, 3.8) is 0 Å². The van der Waals surface area contributed by atoms with Crippen LogP contribution < -0.4 is 4.74 Å². The Morgan fingerprint density at radius 1 is 1.06 bits per heavy atom. The van der Waals surface area contributed by atoms with Crippen LogP contribution in [0, 0.1) is 0 Å². The number of ether oxygens (including phenoxy) is 1. The minimum atomic E-state index is -0.176. The first-order valence-electron chi connectivity index (χ1n) is 6.50. The monoisotopic (exact) mass is 246 g/mol. The van der Waals surface area contributed by atoms with Gasteiger partial charge in [-0.3, -0.25) is 0 Å². The van der Waals surface area contributed by atoms with Gasteiger partial charge in [0, 0.05) is 5.56 Å². The summed E-state index contributed by atoms with van der Waals surface area (Å²) in [6, 6.07) is 6.35. The van der Waals surface area contributed by atoms with Crippen molar-refractivity contribution in [2.75, 3.05) is 0 Å². The molecule has 0 unspecified atom stereocenters. The molecule has 0 N–H and O–H groups in total. The molecule has 0 saturated heterocycles. The molecule has 0 aliphatic rings. The summed E-state index contributed by atoms with van der Waals surface area (Å²) in [5.74, 6) is 0.972. The van der Waals surface area contributed by atoms with Gasteiger partial charge in [0.1, 0.15) is 11.4 Å². The Morgan fingerprint density at radius 3 is 2.00 bits per heavy atom. The molecule has 0 aliphatic carbocycles. The second-order valence-corrected chi connectivity index (χ2v) is 6.96. The Labute approximate surface area is 112 Å². The smallest absolute Gasteiger partial charge is 0.123 e. The third kappa shape index (κ3) is 3.90.